The number of sulfonamides is 1. The zero-order valence-corrected chi connectivity index (χ0v) is 19.6. The van der Waals surface area contributed by atoms with Crippen molar-refractivity contribution >= 4 is 38.9 Å². The fourth-order valence-electron chi connectivity index (χ4n) is 2.99. The molecule has 3 aromatic carbocycles. The van der Waals surface area contributed by atoms with E-state index in [9.17, 15) is 13.2 Å². The number of aryl methyl sites for hydroxylation is 2. The van der Waals surface area contributed by atoms with Gasteiger partial charge < -0.3 is 10.1 Å². The summed E-state index contributed by atoms with van der Waals surface area (Å²) in [6, 6.07) is 18.4. The molecule has 1 amide bonds. The molecule has 0 spiro atoms. The maximum absolute atomic E-state index is 12.6. The largest absolute Gasteiger partial charge is 0.481 e. The number of carbonyl (C=O) groups excluding carboxylic acids is 1. The first-order valence-electron chi connectivity index (χ1n) is 10.1. The van der Waals surface area contributed by atoms with Crippen LogP contribution in [-0.4, -0.2) is 20.4 Å². The molecule has 0 fully saturated rings. The molecule has 2 N–H and O–H groups in total. The SMILES string of the molecule is CCc1ccccc1O[C@@H](C)C(=O)Nc1ccc(S(=O)(=O)Nc2ccc(C)c(Cl)c2)cc1. The molecule has 32 heavy (non-hydrogen) atoms. The number of hydrogen-bond acceptors (Lipinski definition) is 4. The van der Waals surface area contributed by atoms with Crippen molar-refractivity contribution in [3.63, 3.8) is 0 Å². The van der Waals surface area contributed by atoms with E-state index in [0.717, 1.165) is 17.5 Å². The minimum Gasteiger partial charge on any atom is -0.481 e. The molecule has 8 heteroatoms. The lowest BCUT2D eigenvalue weighted by Crippen LogP contribution is -2.30. The third-order valence-electron chi connectivity index (χ3n) is 4.88. The Hall–Kier alpha value is -3.03. The quantitative estimate of drug-likeness (QED) is 0.458. The van der Waals surface area contributed by atoms with Gasteiger partial charge in [-0.1, -0.05) is 42.8 Å². The molecule has 168 valence electrons. The smallest absolute Gasteiger partial charge is 0.265 e. The van der Waals surface area contributed by atoms with Gasteiger partial charge in [-0.15, -0.1) is 0 Å². The van der Waals surface area contributed by atoms with E-state index in [4.69, 9.17) is 16.3 Å². The summed E-state index contributed by atoms with van der Waals surface area (Å²) in [5.41, 5.74) is 2.71. The van der Waals surface area contributed by atoms with Crippen LogP contribution in [0.1, 0.15) is 25.0 Å². The summed E-state index contributed by atoms with van der Waals surface area (Å²) in [6.45, 7) is 5.52. The highest BCUT2D eigenvalue weighted by molar-refractivity contribution is 7.92. The van der Waals surface area contributed by atoms with Gasteiger partial charge in [0.2, 0.25) is 0 Å². The molecular weight excluding hydrogens is 448 g/mol. The number of amides is 1. The van der Waals surface area contributed by atoms with Crippen molar-refractivity contribution in [3.8, 4) is 5.75 Å². The Morgan fingerprint density at radius 1 is 1.03 bits per heavy atom. The number of para-hydroxylation sites is 1. The first-order valence-corrected chi connectivity index (χ1v) is 12.0. The maximum atomic E-state index is 12.6. The summed E-state index contributed by atoms with van der Waals surface area (Å²) >= 11 is 6.07. The average molecular weight is 473 g/mol. The van der Waals surface area contributed by atoms with Gasteiger partial charge in [-0.2, -0.15) is 0 Å². The summed E-state index contributed by atoms with van der Waals surface area (Å²) in [7, 11) is -3.80. The lowest BCUT2D eigenvalue weighted by atomic mass is 10.1. The van der Waals surface area contributed by atoms with Crippen molar-refractivity contribution in [1.29, 1.82) is 0 Å². The number of hydrogen-bond donors (Lipinski definition) is 2. The zero-order valence-electron chi connectivity index (χ0n) is 18.1. The van der Waals surface area contributed by atoms with Gasteiger partial charge in [-0.3, -0.25) is 9.52 Å². The normalized spacial score (nSPS) is 12.1. The molecule has 0 aliphatic carbocycles. The summed E-state index contributed by atoms with van der Waals surface area (Å²) in [4.78, 5) is 12.6. The molecule has 0 saturated heterocycles. The number of rotatable bonds is 8. The average Bonchev–Trinajstić information content (AvgIpc) is 2.77. The van der Waals surface area contributed by atoms with Crippen LogP contribution in [0.3, 0.4) is 0 Å². The van der Waals surface area contributed by atoms with Crippen molar-refractivity contribution in [2.75, 3.05) is 10.0 Å². The molecule has 0 aliphatic rings. The van der Waals surface area contributed by atoms with Crippen LogP contribution in [0.15, 0.2) is 71.6 Å². The fraction of sp³-hybridized carbons (Fsp3) is 0.208. The molecule has 6 nitrogen and oxygen atoms in total. The number of halogens is 1. The minimum atomic E-state index is -3.80. The van der Waals surface area contributed by atoms with E-state index in [1.165, 1.54) is 24.3 Å². The topological polar surface area (TPSA) is 84.5 Å². The molecule has 0 radical (unpaired) electrons. The van der Waals surface area contributed by atoms with Crippen molar-refractivity contribution in [1.82, 2.24) is 0 Å². The van der Waals surface area contributed by atoms with E-state index in [0.29, 0.717) is 22.1 Å². The maximum Gasteiger partial charge on any atom is 0.265 e. The van der Waals surface area contributed by atoms with Crippen LogP contribution >= 0.6 is 11.6 Å². The summed E-state index contributed by atoms with van der Waals surface area (Å²) in [5, 5.41) is 3.22. The van der Waals surface area contributed by atoms with E-state index in [-0.39, 0.29) is 10.8 Å². The van der Waals surface area contributed by atoms with E-state index in [1.54, 1.807) is 25.1 Å². The van der Waals surface area contributed by atoms with Gasteiger partial charge in [-0.25, -0.2) is 8.42 Å². The van der Waals surface area contributed by atoms with E-state index >= 15 is 0 Å². The number of ether oxygens (including phenoxy) is 1. The summed E-state index contributed by atoms with van der Waals surface area (Å²) < 4.78 is 33.6. The Balaban J connectivity index is 1.65. The van der Waals surface area contributed by atoms with Crippen LogP contribution in [0.2, 0.25) is 5.02 Å². The van der Waals surface area contributed by atoms with Gasteiger partial charge in [0.25, 0.3) is 15.9 Å². The molecule has 0 heterocycles. The molecule has 0 unspecified atom stereocenters. The van der Waals surface area contributed by atoms with Gasteiger partial charge in [0.1, 0.15) is 5.75 Å². The number of carbonyl (C=O) groups is 1. The molecule has 0 saturated carbocycles. The van der Waals surface area contributed by atoms with Gasteiger partial charge >= 0.3 is 0 Å². The summed E-state index contributed by atoms with van der Waals surface area (Å²) in [5.74, 6) is 0.334. The summed E-state index contributed by atoms with van der Waals surface area (Å²) in [6.07, 6.45) is 0.0718. The second-order valence-electron chi connectivity index (χ2n) is 7.30. The second-order valence-corrected chi connectivity index (χ2v) is 9.39. The van der Waals surface area contributed by atoms with Crippen molar-refractivity contribution in [3.05, 3.63) is 82.9 Å². The van der Waals surface area contributed by atoms with Crippen molar-refractivity contribution < 1.29 is 17.9 Å². The Bertz CT molecular complexity index is 1210. The van der Waals surface area contributed by atoms with Crippen molar-refractivity contribution in [2.45, 2.75) is 38.2 Å². The van der Waals surface area contributed by atoms with Gasteiger partial charge in [0.15, 0.2) is 6.10 Å². The van der Waals surface area contributed by atoms with Gasteiger partial charge in [0, 0.05) is 10.7 Å². The lowest BCUT2D eigenvalue weighted by Gasteiger charge is -2.17. The standard InChI is InChI=1S/C24H25ClN2O4S/c1-4-18-7-5-6-8-23(18)31-17(3)24(28)26-19-11-13-21(14-12-19)32(29,30)27-20-10-9-16(2)22(25)15-20/h5-15,17,27H,4H2,1-3H3,(H,26,28)/t17-/m0/s1. The van der Waals surface area contributed by atoms with E-state index < -0.39 is 16.1 Å². The third kappa shape index (κ3) is 5.81. The molecular formula is C24H25ClN2O4S. The fourth-order valence-corrected chi connectivity index (χ4v) is 4.22. The monoisotopic (exact) mass is 472 g/mol. The first kappa shape index (κ1) is 23.6. The number of anilines is 2. The van der Waals surface area contributed by atoms with Crippen LogP contribution in [0.4, 0.5) is 11.4 Å². The van der Waals surface area contributed by atoms with Crippen LogP contribution < -0.4 is 14.8 Å². The van der Waals surface area contributed by atoms with Crippen LogP contribution in [0.5, 0.6) is 5.75 Å². The molecule has 0 aromatic heterocycles. The highest BCUT2D eigenvalue weighted by atomic mass is 35.5. The second kappa shape index (κ2) is 10.1. The molecule has 0 bridgehead atoms. The zero-order chi connectivity index (χ0) is 23.3. The van der Waals surface area contributed by atoms with Crippen molar-refractivity contribution in [2.24, 2.45) is 0 Å². The Labute approximate surface area is 193 Å². The van der Waals surface area contributed by atoms with Gasteiger partial charge in [-0.05, 0) is 73.9 Å². The Morgan fingerprint density at radius 3 is 2.34 bits per heavy atom. The Kier molecular flexibility index (Phi) is 7.43. The third-order valence-corrected chi connectivity index (χ3v) is 6.69. The number of benzene rings is 3. The molecule has 3 aromatic rings. The highest BCUT2D eigenvalue weighted by Crippen LogP contribution is 2.24. The van der Waals surface area contributed by atoms with E-state index in [2.05, 4.69) is 10.0 Å². The molecule has 1 atom stereocenters. The highest BCUT2D eigenvalue weighted by Gasteiger charge is 2.18. The number of nitrogens with one attached hydrogen (secondary N) is 2. The van der Waals surface area contributed by atoms with Crippen LogP contribution in [0.25, 0.3) is 0 Å². The van der Waals surface area contributed by atoms with E-state index in [1.807, 2.05) is 38.1 Å². The van der Waals surface area contributed by atoms with Crippen LogP contribution in [0, 0.1) is 6.92 Å². The predicted octanol–water partition coefficient (Wildman–Crippen LogP) is 5.42. The first-order chi connectivity index (χ1) is 15.2. The molecule has 0 aliphatic heterocycles. The molecule has 3 rings (SSSR count). The minimum absolute atomic E-state index is 0.0633. The predicted molar refractivity (Wildman–Crippen MR) is 128 cm³/mol. The Morgan fingerprint density at radius 2 is 1.69 bits per heavy atom. The van der Waals surface area contributed by atoms with Crippen LogP contribution in [-0.2, 0) is 21.2 Å². The van der Waals surface area contributed by atoms with Gasteiger partial charge in [0.05, 0.1) is 10.6 Å². The lowest BCUT2D eigenvalue weighted by molar-refractivity contribution is -0.122.